The van der Waals surface area contributed by atoms with Crippen LogP contribution in [0.25, 0.3) is 10.9 Å². The van der Waals surface area contributed by atoms with E-state index in [1.54, 1.807) is 0 Å². The number of nitrogens with zero attached hydrogens (tertiary/aromatic N) is 1. The number of aryl methyl sites for hydroxylation is 1. The zero-order valence-corrected chi connectivity index (χ0v) is 14.8. The predicted octanol–water partition coefficient (Wildman–Crippen LogP) is 5.00. The molecule has 3 aromatic rings. The molecule has 3 nitrogen and oxygen atoms in total. The number of nitrogens with one attached hydrogen (secondary N) is 1. The van der Waals surface area contributed by atoms with Crippen molar-refractivity contribution in [2.75, 3.05) is 11.9 Å². The Kier molecular flexibility index (Phi) is 2.94. The zero-order valence-electron chi connectivity index (χ0n) is 14.8. The van der Waals surface area contributed by atoms with Crippen molar-refractivity contribution in [1.29, 1.82) is 0 Å². The molecular weight excluding hydrogens is 308 g/mol. The molecule has 25 heavy (non-hydrogen) atoms. The van der Waals surface area contributed by atoms with E-state index in [1.165, 1.54) is 27.8 Å². The van der Waals surface area contributed by atoms with Crippen LogP contribution in [0.3, 0.4) is 0 Å². The first kappa shape index (κ1) is 14.8. The third-order valence-electron chi connectivity index (χ3n) is 5.96. The summed E-state index contributed by atoms with van der Waals surface area (Å²) < 4.78 is 6.13. The Morgan fingerprint density at radius 3 is 2.84 bits per heavy atom. The van der Waals surface area contributed by atoms with Crippen LogP contribution in [0.15, 0.2) is 48.5 Å². The zero-order chi connectivity index (χ0) is 17.2. The maximum Gasteiger partial charge on any atom is 0.219 e. The van der Waals surface area contributed by atoms with Crippen LogP contribution >= 0.6 is 0 Å². The molecule has 1 aromatic heterocycles. The summed E-state index contributed by atoms with van der Waals surface area (Å²) in [5.41, 5.74) is 6.13. The maximum atomic E-state index is 6.13. The maximum absolute atomic E-state index is 6.13. The lowest BCUT2D eigenvalue weighted by Crippen LogP contribution is -2.46. The number of anilines is 1. The smallest absolute Gasteiger partial charge is 0.219 e. The molecule has 0 aliphatic carbocycles. The van der Waals surface area contributed by atoms with Gasteiger partial charge in [0.05, 0.1) is 18.2 Å². The van der Waals surface area contributed by atoms with Gasteiger partial charge in [0.15, 0.2) is 0 Å². The normalized spacial score (nSPS) is 23.0. The second-order valence-corrected chi connectivity index (χ2v) is 7.89. The van der Waals surface area contributed by atoms with Crippen molar-refractivity contribution in [1.82, 2.24) is 4.98 Å². The van der Waals surface area contributed by atoms with Gasteiger partial charge in [0.1, 0.15) is 0 Å². The van der Waals surface area contributed by atoms with Gasteiger partial charge in [0, 0.05) is 28.0 Å². The Hall–Kier alpha value is -2.55. The van der Waals surface area contributed by atoms with Gasteiger partial charge in [0.25, 0.3) is 0 Å². The molecule has 3 heteroatoms. The molecule has 0 unspecified atom stereocenters. The molecule has 0 saturated carbocycles. The predicted molar refractivity (Wildman–Crippen MR) is 101 cm³/mol. The van der Waals surface area contributed by atoms with Crippen LogP contribution in [0.5, 0.6) is 5.88 Å². The molecule has 2 aliphatic rings. The second kappa shape index (κ2) is 4.98. The van der Waals surface area contributed by atoms with E-state index in [0.717, 1.165) is 11.4 Å². The van der Waals surface area contributed by atoms with Crippen molar-refractivity contribution >= 4 is 16.6 Å². The highest BCUT2D eigenvalue weighted by Gasteiger charge is 2.46. The molecule has 0 spiro atoms. The minimum absolute atomic E-state index is 0.0423. The molecule has 5 rings (SSSR count). The molecule has 2 atom stereocenters. The van der Waals surface area contributed by atoms with E-state index in [2.05, 4.69) is 62.5 Å². The van der Waals surface area contributed by atoms with Crippen molar-refractivity contribution in [2.45, 2.75) is 32.2 Å². The Morgan fingerprint density at radius 1 is 1.12 bits per heavy atom. The van der Waals surface area contributed by atoms with Crippen LogP contribution in [0, 0.1) is 12.8 Å². The van der Waals surface area contributed by atoms with Gasteiger partial charge in [-0.05, 0) is 30.7 Å². The van der Waals surface area contributed by atoms with Crippen molar-refractivity contribution < 1.29 is 4.74 Å². The number of benzene rings is 2. The summed E-state index contributed by atoms with van der Waals surface area (Å²) in [6.45, 7) is 7.53. The SMILES string of the molecule is Cc1ccc2c(c1)C(C)(C)[C@@H]1COc3nc4ccccc4cc3[C@H]1N2. The summed E-state index contributed by atoms with van der Waals surface area (Å²) in [6.07, 6.45) is 0. The van der Waals surface area contributed by atoms with Crippen LogP contribution in [0.1, 0.15) is 36.6 Å². The Labute approximate surface area is 148 Å². The lowest BCUT2D eigenvalue weighted by molar-refractivity contribution is 0.131. The number of rotatable bonds is 0. The van der Waals surface area contributed by atoms with Crippen molar-refractivity contribution in [3.63, 3.8) is 0 Å². The summed E-state index contributed by atoms with van der Waals surface area (Å²) in [7, 11) is 0. The molecular formula is C22H22N2O. The minimum atomic E-state index is 0.0423. The van der Waals surface area contributed by atoms with Gasteiger partial charge >= 0.3 is 0 Å². The quantitative estimate of drug-likeness (QED) is 0.630. The van der Waals surface area contributed by atoms with Gasteiger partial charge in [-0.3, -0.25) is 0 Å². The van der Waals surface area contributed by atoms with Gasteiger partial charge in [-0.1, -0.05) is 49.7 Å². The van der Waals surface area contributed by atoms with Crippen LogP contribution in [-0.2, 0) is 5.41 Å². The average molecular weight is 330 g/mol. The van der Waals surface area contributed by atoms with E-state index in [-0.39, 0.29) is 11.5 Å². The third-order valence-corrected chi connectivity index (χ3v) is 5.96. The average Bonchev–Trinajstić information content (AvgIpc) is 2.61. The van der Waals surface area contributed by atoms with Crippen molar-refractivity contribution in [2.24, 2.45) is 5.92 Å². The largest absolute Gasteiger partial charge is 0.477 e. The summed E-state index contributed by atoms with van der Waals surface area (Å²) in [6, 6.07) is 17.4. The number of ether oxygens (including phenoxy) is 1. The Bertz CT molecular complexity index is 992. The van der Waals surface area contributed by atoms with Gasteiger partial charge in [0.2, 0.25) is 5.88 Å². The lowest BCUT2D eigenvalue weighted by Gasteiger charge is -2.48. The highest BCUT2D eigenvalue weighted by Crippen LogP contribution is 2.52. The molecule has 2 aliphatic heterocycles. The van der Waals surface area contributed by atoms with E-state index in [1.807, 2.05) is 12.1 Å². The first-order chi connectivity index (χ1) is 12.0. The number of pyridine rings is 1. The lowest BCUT2D eigenvalue weighted by atomic mass is 9.65. The number of fused-ring (bicyclic) bond motifs is 5. The summed E-state index contributed by atoms with van der Waals surface area (Å²) in [5.74, 6) is 1.15. The molecule has 0 saturated heterocycles. The molecule has 0 bridgehead atoms. The highest BCUT2D eigenvalue weighted by molar-refractivity contribution is 5.80. The van der Waals surface area contributed by atoms with Crippen molar-refractivity contribution in [3.05, 3.63) is 65.2 Å². The summed E-state index contributed by atoms with van der Waals surface area (Å²) in [4.78, 5) is 4.76. The highest BCUT2D eigenvalue weighted by atomic mass is 16.5. The van der Waals surface area contributed by atoms with E-state index >= 15 is 0 Å². The topological polar surface area (TPSA) is 34.1 Å². The van der Waals surface area contributed by atoms with Crippen LogP contribution in [0.2, 0.25) is 0 Å². The Morgan fingerprint density at radius 2 is 1.96 bits per heavy atom. The molecule has 126 valence electrons. The van der Waals surface area contributed by atoms with E-state index in [9.17, 15) is 0 Å². The van der Waals surface area contributed by atoms with E-state index in [0.29, 0.717) is 12.5 Å². The van der Waals surface area contributed by atoms with Crippen LogP contribution in [-0.4, -0.2) is 11.6 Å². The fourth-order valence-electron chi connectivity index (χ4n) is 4.42. The molecule has 0 amide bonds. The molecule has 0 radical (unpaired) electrons. The second-order valence-electron chi connectivity index (χ2n) is 7.89. The number of aromatic nitrogens is 1. The molecule has 0 fully saturated rings. The minimum Gasteiger partial charge on any atom is -0.477 e. The standard InChI is InChI=1S/C22H22N2O/c1-13-8-9-19-16(10-13)22(2,3)17-12-25-21-15(20(17)23-19)11-14-6-4-5-7-18(14)24-21/h4-11,17,20,23H,12H2,1-3H3/t17-,20-/m1/s1. The monoisotopic (exact) mass is 330 g/mol. The van der Waals surface area contributed by atoms with Gasteiger partial charge in [-0.25, -0.2) is 4.98 Å². The van der Waals surface area contributed by atoms with Crippen molar-refractivity contribution in [3.8, 4) is 5.88 Å². The van der Waals surface area contributed by atoms with Crippen LogP contribution in [0.4, 0.5) is 5.69 Å². The van der Waals surface area contributed by atoms with Gasteiger partial charge in [-0.2, -0.15) is 0 Å². The molecule has 3 heterocycles. The van der Waals surface area contributed by atoms with E-state index < -0.39 is 0 Å². The molecule has 1 N–H and O–H groups in total. The van der Waals surface area contributed by atoms with Gasteiger partial charge < -0.3 is 10.1 Å². The summed E-state index contributed by atoms with van der Waals surface area (Å²) >= 11 is 0. The fourth-order valence-corrected chi connectivity index (χ4v) is 4.42. The number of hydrogen-bond donors (Lipinski definition) is 1. The molecule has 2 aromatic carbocycles. The number of hydrogen-bond acceptors (Lipinski definition) is 3. The number of para-hydroxylation sites is 1. The summed E-state index contributed by atoms with van der Waals surface area (Å²) in [5, 5.41) is 4.95. The first-order valence-corrected chi connectivity index (χ1v) is 8.94. The van der Waals surface area contributed by atoms with E-state index in [4.69, 9.17) is 9.72 Å². The Balaban J connectivity index is 1.69. The fraction of sp³-hybridized carbons (Fsp3) is 0.318. The third kappa shape index (κ3) is 2.08. The first-order valence-electron chi connectivity index (χ1n) is 8.94. The van der Waals surface area contributed by atoms with Gasteiger partial charge in [-0.15, -0.1) is 0 Å². The van der Waals surface area contributed by atoms with Crippen LogP contribution < -0.4 is 10.1 Å².